The van der Waals surface area contributed by atoms with Crippen LogP contribution in [0.15, 0.2) is 59.2 Å². The summed E-state index contributed by atoms with van der Waals surface area (Å²) in [5.41, 5.74) is 1.17. The lowest BCUT2D eigenvalue weighted by atomic mass is 10.1. The van der Waals surface area contributed by atoms with E-state index in [2.05, 4.69) is 10.3 Å². The number of aryl methyl sites for hydroxylation is 1. The maximum absolute atomic E-state index is 12.7. The predicted molar refractivity (Wildman–Crippen MR) is 135 cm³/mol. The molecule has 198 valence electrons. The topological polar surface area (TPSA) is 73.6 Å². The minimum atomic E-state index is -4.36. The van der Waals surface area contributed by atoms with Gasteiger partial charge in [0.25, 0.3) is 0 Å². The average Bonchev–Trinajstić information content (AvgIpc) is 3.28. The quantitative estimate of drug-likeness (QED) is 0.287. The highest BCUT2D eigenvalue weighted by molar-refractivity contribution is 5.67. The molecule has 0 fully saturated rings. The normalized spacial score (nSPS) is 12.1. The second-order valence-corrected chi connectivity index (χ2v) is 9.45. The van der Waals surface area contributed by atoms with Crippen LogP contribution in [-0.2, 0) is 23.9 Å². The molecular formula is C28H31F3N2O4. The first-order valence-corrected chi connectivity index (χ1v) is 12.0. The third-order valence-electron chi connectivity index (χ3n) is 5.10. The molecule has 0 aliphatic rings. The van der Waals surface area contributed by atoms with Gasteiger partial charge in [0.2, 0.25) is 5.89 Å². The van der Waals surface area contributed by atoms with Crippen molar-refractivity contribution < 1.29 is 31.9 Å². The molecule has 0 saturated carbocycles. The molecule has 3 rings (SSSR count). The minimum Gasteiger partial charge on any atom is -0.487 e. The maximum Gasteiger partial charge on any atom is 0.416 e. The molecule has 2 aromatic carbocycles. The lowest BCUT2D eigenvalue weighted by molar-refractivity contribution is -0.137. The fourth-order valence-corrected chi connectivity index (χ4v) is 3.28. The number of hydrogen-bond donors (Lipinski definition) is 1. The van der Waals surface area contributed by atoms with Crippen molar-refractivity contribution in [1.82, 2.24) is 10.3 Å². The molecule has 0 bridgehead atoms. The predicted octanol–water partition coefficient (Wildman–Crippen LogP) is 7.29. The van der Waals surface area contributed by atoms with Crippen LogP contribution < -0.4 is 10.1 Å². The van der Waals surface area contributed by atoms with Crippen LogP contribution >= 0.6 is 0 Å². The summed E-state index contributed by atoms with van der Waals surface area (Å²) in [5, 5.41) is 2.76. The Kier molecular flexibility index (Phi) is 9.38. The van der Waals surface area contributed by atoms with E-state index >= 15 is 0 Å². The third kappa shape index (κ3) is 10.0. The molecule has 0 saturated heterocycles. The Morgan fingerprint density at radius 1 is 1.00 bits per heavy atom. The van der Waals surface area contributed by atoms with Crippen molar-refractivity contribution in [2.45, 2.75) is 58.4 Å². The second-order valence-electron chi connectivity index (χ2n) is 9.45. The molecule has 9 heteroatoms. The number of hydrogen-bond acceptors (Lipinski definition) is 5. The summed E-state index contributed by atoms with van der Waals surface area (Å²) < 4.78 is 54.3. The number of benzene rings is 2. The van der Waals surface area contributed by atoms with Crippen molar-refractivity contribution in [3.05, 3.63) is 83.1 Å². The highest BCUT2D eigenvalue weighted by Crippen LogP contribution is 2.29. The number of amides is 1. The highest BCUT2D eigenvalue weighted by atomic mass is 19.4. The monoisotopic (exact) mass is 516 g/mol. The summed E-state index contributed by atoms with van der Waals surface area (Å²) in [4.78, 5) is 15.9. The van der Waals surface area contributed by atoms with Crippen molar-refractivity contribution in [2.24, 2.45) is 0 Å². The fourth-order valence-electron chi connectivity index (χ4n) is 3.28. The summed E-state index contributed by atoms with van der Waals surface area (Å²) in [6.45, 7) is 6.27. The van der Waals surface area contributed by atoms with Crippen LogP contribution in [0, 0.1) is 0 Å². The van der Waals surface area contributed by atoms with Gasteiger partial charge in [-0.3, -0.25) is 0 Å². The van der Waals surface area contributed by atoms with E-state index in [1.165, 1.54) is 24.0 Å². The molecule has 37 heavy (non-hydrogen) atoms. The summed E-state index contributed by atoms with van der Waals surface area (Å²) >= 11 is 0. The third-order valence-corrected chi connectivity index (χ3v) is 5.10. The SMILES string of the molecule is CC(C)(C)OC(=O)NCCCCc1ccc(OCc2coc(/C=C/c3ccc(C(F)(F)F)cc3)n2)cc1. The Bertz CT molecular complexity index is 1160. The Hall–Kier alpha value is -3.75. The van der Waals surface area contributed by atoms with Gasteiger partial charge in [0.1, 0.15) is 29.9 Å². The minimum absolute atomic E-state index is 0.216. The Morgan fingerprint density at radius 2 is 1.70 bits per heavy atom. The van der Waals surface area contributed by atoms with Gasteiger partial charge in [-0.15, -0.1) is 0 Å². The first-order chi connectivity index (χ1) is 17.5. The van der Waals surface area contributed by atoms with Crippen LogP contribution in [0.5, 0.6) is 5.75 Å². The molecule has 0 aliphatic carbocycles. The van der Waals surface area contributed by atoms with Gasteiger partial charge in [0.05, 0.1) is 5.56 Å². The van der Waals surface area contributed by atoms with Crippen molar-refractivity contribution in [3.63, 3.8) is 0 Å². The second kappa shape index (κ2) is 12.5. The van der Waals surface area contributed by atoms with Gasteiger partial charge in [-0.05, 0) is 81.5 Å². The molecule has 1 aromatic heterocycles. The van der Waals surface area contributed by atoms with Crippen LogP contribution in [-0.4, -0.2) is 23.2 Å². The largest absolute Gasteiger partial charge is 0.487 e. The average molecular weight is 517 g/mol. The number of alkyl halides is 3. The standard InChI is InChI=1S/C28H31F3N2O4/c1-27(2,3)37-26(34)32-17-5-4-6-20-9-14-24(15-10-20)35-18-23-19-36-25(33-23)16-11-21-7-12-22(13-8-21)28(29,30)31/h7-16,19H,4-6,17-18H2,1-3H3,(H,32,34)/b16-11+. The summed E-state index contributed by atoms with van der Waals surface area (Å²) in [6.07, 6.45) is 2.59. The van der Waals surface area contributed by atoms with E-state index in [0.29, 0.717) is 29.4 Å². The van der Waals surface area contributed by atoms with E-state index in [1.807, 2.05) is 45.0 Å². The Balaban J connectivity index is 1.38. The number of nitrogens with zero attached hydrogens (tertiary/aromatic N) is 1. The number of unbranched alkanes of at least 4 members (excludes halogenated alkanes) is 1. The van der Waals surface area contributed by atoms with Gasteiger partial charge in [-0.25, -0.2) is 9.78 Å². The molecule has 0 unspecified atom stereocenters. The number of rotatable bonds is 10. The number of carbonyl (C=O) groups is 1. The van der Waals surface area contributed by atoms with Gasteiger partial charge in [-0.2, -0.15) is 13.2 Å². The zero-order valence-corrected chi connectivity index (χ0v) is 21.1. The van der Waals surface area contributed by atoms with Crippen LogP contribution in [0.25, 0.3) is 12.2 Å². The van der Waals surface area contributed by atoms with E-state index in [0.717, 1.165) is 31.4 Å². The molecule has 1 heterocycles. The van der Waals surface area contributed by atoms with Gasteiger partial charge < -0.3 is 19.2 Å². The fraction of sp³-hybridized carbons (Fsp3) is 0.357. The molecule has 0 aliphatic heterocycles. The van der Waals surface area contributed by atoms with Crippen molar-refractivity contribution >= 4 is 18.2 Å². The van der Waals surface area contributed by atoms with Gasteiger partial charge >= 0.3 is 12.3 Å². The van der Waals surface area contributed by atoms with Crippen LogP contribution in [0.3, 0.4) is 0 Å². The summed E-state index contributed by atoms with van der Waals surface area (Å²) in [6, 6.07) is 12.6. The van der Waals surface area contributed by atoms with Crippen LogP contribution in [0.4, 0.5) is 18.0 Å². The van der Waals surface area contributed by atoms with E-state index < -0.39 is 23.4 Å². The van der Waals surface area contributed by atoms with E-state index in [9.17, 15) is 18.0 Å². The number of nitrogens with one attached hydrogen (secondary N) is 1. The first kappa shape index (κ1) is 27.8. The van der Waals surface area contributed by atoms with E-state index in [-0.39, 0.29) is 6.61 Å². The first-order valence-electron chi connectivity index (χ1n) is 12.0. The molecule has 1 N–H and O–H groups in total. The van der Waals surface area contributed by atoms with Gasteiger partial charge in [-0.1, -0.05) is 24.3 Å². The Labute approximate surface area is 214 Å². The number of aromatic nitrogens is 1. The van der Waals surface area contributed by atoms with E-state index in [1.54, 1.807) is 12.2 Å². The lowest BCUT2D eigenvalue weighted by Gasteiger charge is -2.19. The Morgan fingerprint density at radius 3 is 2.35 bits per heavy atom. The molecule has 3 aromatic rings. The molecule has 0 radical (unpaired) electrons. The molecule has 1 amide bonds. The van der Waals surface area contributed by atoms with Gasteiger partial charge in [0.15, 0.2) is 0 Å². The summed E-state index contributed by atoms with van der Waals surface area (Å²) in [7, 11) is 0. The van der Waals surface area contributed by atoms with Crippen LogP contribution in [0.2, 0.25) is 0 Å². The smallest absolute Gasteiger partial charge is 0.416 e. The zero-order valence-electron chi connectivity index (χ0n) is 21.1. The number of alkyl carbamates (subject to hydrolysis) is 1. The zero-order chi connectivity index (χ0) is 26.9. The molecule has 0 atom stereocenters. The number of carbonyl (C=O) groups excluding carboxylic acids is 1. The van der Waals surface area contributed by atoms with E-state index in [4.69, 9.17) is 13.9 Å². The number of halogens is 3. The molecular weight excluding hydrogens is 485 g/mol. The van der Waals surface area contributed by atoms with Gasteiger partial charge in [0, 0.05) is 12.6 Å². The van der Waals surface area contributed by atoms with Crippen molar-refractivity contribution in [1.29, 1.82) is 0 Å². The maximum atomic E-state index is 12.7. The number of oxazole rings is 1. The summed E-state index contributed by atoms with van der Waals surface area (Å²) in [5.74, 6) is 1.02. The van der Waals surface area contributed by atoms with Crippen molar-refractivity contribution in [2.75, 3.05) is 6.54 Å². The van der Waals surface area contributed by atoms with Crippen LogP contribution in [0.1, 0.15) is 61.9 Å². The lowest BCUT2D eigenvalue weighted by Crippen LogP contribution is -2.33. The molecule has 6 nitrogen and oxygen atoms in total. The molecule has 0 spiro atoms. The van der Waals surface area contributed by atoms with Crippen molar-refractivity contribution in [3.8, 4) is 5.75 Å². The number of ether oxygens (including phenoxy) is 2. The highest BCUT2D eigenvalue weighted by Gasteiger charge is 2.29.